The van der Waals surface area contributed by atoms with Gasteiger partial charge < -0.3 is 15.4 Å². The maximum absolute atomic E-state index is 12.2. The summed E-state index contributed by atoms with van der Waals surface area (Å²) in [7, 11) is 1.62. The molecule has 0 spiro atoms. The summed E-state index contributed by atoms with van der Waals surface area (Å²) >= 11 is 6.05. The lowest BCUT2D eigenvalue weighted by molar-refractivity contribution is 0.00521. The number of halogens is 1. The molecule has 2 aromatic rings. The van der Waals surface area contributed by atoms with Gasteiger partial charge in [-0.3, -0.25) is 0 Å². The molecule has 24 heavy (non-hydrogen) atoms. The van der Waals surface area contributed by atoms with E-state index in [2.05, 4.69) is 16.7 Å². The minimum Gasteiger partial charge on any atom is -0.372 e. The van der Waals surface area contributed by atoms with Crippen LogP contribution in [0.3, 0.4) is 0 Å². The first-order chi connectivity index (χ1) is 11.3. The maximum Gasteiger partial charge on any atom is 0.319 e. The van der Waals surface area contributed by atoms with Crippen LogP contribution in [-0.2, 0) is 10.3 Å². The second-order valence-electron chi connectivity index (χ2n) is 6.13. The van der Waals surface area contributed by atoms with Gasteiger partial charge in [0.25, 0.3) is 0 Å². The van der Waals surface area contributed by atoms with Crippen LogP contribution in [0.1, 0.15) is 23.6 Å². The van der Waals surface area contributed by atoms with Crippen LogP contribution >= 0.6 is 11.6 Å². The number of benzene rings is 2. The Balaban J connectivity index is 2.03. The molecule has 0 aliphatic rings. The van der Waals surface area contributed by atoms with E-state index < -0.39 is 5.60 Å². The number of urea groups is 1. The Bertz CT molecular complexity index is 713. The highest BCUT2D eigenvalue weighted by Gasteiger charge is 2.27. The predicted molar refractivity (Wildman–Crippen MR) is 98.8 cm³/mol. The Morgan fingerprint density at radius 1 is 1.17 bits per heavy atom. The molecule has 1 atom stereocenters. The number of hydrogen-bond donors (Lipinski definition) is 2. The monoisotopic (exact) mass is 346 g/mol. The first kappa shape index (κ1) is 18.3. The first-order valence-corrected chi connectivity index (χ1v) is 8.14. The van der Waals surface area contributed by atoms with Crippen LogP contribution < -0.4 is 10.6 Å². The number of anilines is 1. The molecule has 2 aromatic carbocycles. The van der Waals surface area contributed by atoms with Crippen LogP contribution in [0.4, 0.5) is 10.5 Å². The molecular weight excluding hydrogens is 324 g/mol. The van der Waals surface area contributed by atoms with Crippen molar-refractivity contribution in [3.63, 3.8) is 0 Å². The van der Waals surface area contributed by atoms with Crippen LogP contribution in [0.15, 0.2) is 42.5 Å². The lowest BCUT2D eigenvalue weighted by atomic mass is 9.96. The Morgan fingerprint density at radius 2 is 1.83 bits per heavy atom. The molecule has 128 valence electrons. The summed E-state index contributed by atoms with van der Waals surface area (Å²) in [5.41, 5.74) is 3.22. The van der Waals surface area contributed by atoms with E-state index in [1.54, 1.807) is 13.2 Å². The number of nitrogens with one attached hydrogen (secondary N) is 2. The molecule has 2 N–H and O–H groups in total. The first-order valence-electron chi connectivity index (χ1n) is 7.77. The summed E-state index contributed by atoms with van der Waals surface area (Å²) in [5, 5.41) is 6.35. The summed E-state index contributed by atoms with van der Waals surface area (Å²) in [6.07, 6.45) is 0. The number of hydrogen-bond acceptors (Lipinski definition) is 2. The van der Waals surface area contributed by atoms with Crippen LogP contribution in [0, 0.1) is 13.8 Å². The molecule has 1 unspecified atom stereocenters. The summed E-state index contributed by atoms with van der Waals surface area (Å²) in [5.74, 6) is 0. The van der Waals surface area contributed by atoms with Crippen molar-refractivity contribution in [1.29, 1.82) is 0 Å². The smallest absolute Gasteiger partial charge is 0.319 e. The average molecular weight is 347 g/mol. The van der Waals surface area contributed by atoms with Crippen molar-refractivity contribution < 1.29 is 9.53 Å². The fourth-order valence-corrected chi connectivity index (χ4v) is 2.77. The van der Waals surface area contributed by atoms with Crippen molar-refractivity contribution in [3.8, 4) is 0 Å². The zero-order valence-electron chi connectivity index (χ0n) is 14.4. The van der Waals surface area contributed by atoms with Crippen LogP contribution in [0.25, 0.3) is 0 Å². The van der Waals surface area contributed by atoms with Crippen molar-refractivity contribution >= 4 is 23.3 Å². The number of amides is 2. The van der Waals surface area contributed by atoms with E-state index >= 15 is 0 Å². The van der Waals surface area contributed by atoms with Gasteiger partial charge in [-0.1, -0.05) is 29.8 Å². The van der Waals surface area contributed by atoms with E-state index in [4.69, 9.17) is 16.3 Å². The third-order valence-corrected chi connectivity index (χ3v) is 4.19. The van der Waals surface area contributed by atoms with Crippen LogP contribution in [0.2, 0.25) is 5.02 Å². The van der Waals surface area contributed by atoms with Gasteiger partial charge in [-0.05, 0) is 61.7 Å². The standard InChI is InChI=1S/C19H23ClN2O2/c1-13-8-14(2)10-17(9-13)22-18(23)21-12-19(3,24-4)15-6-5-7-16(20)11-15/h5-11H,12H2,1-4H3,(H2,21,22,23). The van der Waals surface area contributed by atoms with Gasteiger partial charge >= 0.3 is 6.03 Å². The second-order valence-corrected chi connectivity index (χ2v) is 6.57. The van der Waals surface area contributed by atoms with Gasteiger partial charge in [-0.15, -0.1) is 0 Å². The van der Waals surface area contributed by atoms with E-state index in [9.17, 15) is 4.79 Å². The lowest BCUT2D eigenvalue weighted by Gasteiger charge is -2.29. The fourth-order valence-electron chi connectivity index (χ4n) is 2.58. The number of carbonyl (C=O) groups is 1. The molecule has 0 saturated heterocycles. The van der Waals surface area contributed by atoms with E-state index in [-0.39, 0.29) is 6.03 Å². The molecule has 0 saturated carbocycles. The Kier molecular flexibility index (Phi) is 5.86. The summed E-state index contributed by atoms with van der Waals surface area (Å²) in [6, 6.07) is 13.1. The maximum atomic E-state index is 12.2. The van der Waals surface area contributed by atoms with Gasteiger partial charge in [0.2, 0.25) is 0 Å². The van der Waals surface area contributed by atoms with Crippen molar-refractivity contribution in [2.75, 3.05) is 19.0 Å². The zero-order valence-corrected chi connectivity index (χ0v) is 15.2. The number of ether oxygens (including phenoxy) is 1. The minimum absolute atomic E-state index is 0.273. The van der Waals surface area contributed by atoms with E-state index in [0.29, 0.717) is 11.6 Å². The zero-order chi connectivity index (χ0) is 17.7. The Hall–Kier alpha value is -2.04. The molecule has 0 bridgehead atoms. The number of carbonyl (C=O) groups excluding carboxylic acids is 1. The topological polar surface area (TPSA) is 50.4 Å². The fraction of sp³-hybridized carbons (Fsp3) is 0.316. The van der Waals surface area contributed by atoms with Gasteiger partial charge in [0.1, 0.15) is 5.60 Å². The number of methoxy groups -OCH3 is 1. The summed E-state index contributed by atoms with van der Waals surface area (Å²) in [6.45, 7) is 6.23. The highest BCUT2D eigenvalue weighted by Crippen LogP contribution is 2.26. The molecule has 0 aliphatic carbocycles. The van der Waals surface area contributed by atoms with E-state index in [1.165, 1.54) is 0 Å². The molecule has 0 fully saturated rings. The van der Waals surface area contributed by atoms with Crippen molar-refractivity contribution in [2.24, 2.45) is 0 Å². The predicted octanol–water partition coefficient (Wildman–Crippen LogP) is 4.64. The molecule has 0 aliphatic heterocycles. The van der Waals surface area contributed by atoms with Gasteiger partial charge in [0.05, 0.1) is 6.54 Å². The SMILES string of the molecule is COC(C)(CNC(=O)Nc1cc(C)cc(C)c1)c1cccc(Cl)c1. The van der Waals surface area contributed by atoms with Crippen LogP contribution in [-0.4, -0.2) is 19.7 Å². The second kappa shape index (κ2) is 7.69. The summed E-state index contributed by atoms with van der Waals surface area (Å²) < 4.78 is 5.62. The molecule has 0 radical (unpaired) electrons. The summed E-state index contributed by atoms with van der Waals surface area (Å²) in [4.78, 5) is 12.2. The molecule has 0 heterocycles. The number of rotatable bonds is 5. The third kappa shape index (κ3) is 4.73. The molecular formula is C19H23ClN2O2. The highest BCUT2D eigenvalue weighted by molar-refractivity contribution is 6.30. The lowest BCUT2D eigenvalue weighted by Crippen LogP contribution is -2.41. The normalized spacial score (nSPS) is 13.2. The van der Waals surface area contributed by atoms with Crippen molar-refractivity contribution in [3.05, 3.63) is 64.2 Å². The van der Waals surface area contributed by atoms with Gasteiger partial charge in [0, 0.05) is 17.8 Å². The third-order valence-electron chi connectivity index (χ3n) is 3.95. The highest BCUT2D eigenvalue weighted by atomic mass is 35.5. The van der Waals surface area contributed by atoms with Gasteiger partial charge in [0.15, 0.2) is 0 Å². The van der Waals surface area contributed by atoms with Crippen molar-refractivity contribution in [1.82, 2.24) is 5.32 Å². The average Bonchev–Trinajstić information content (AvgIpc) is 2.51. The van der Waals surface area contributed by atoms with Crippen molar-refractivity contribution in [2.45, 2.75) is 26.4 Å². The van der Waals surface area contributed by atoms with E-state index in [1.807, 2.05) is 51.1 Å². The largest absolute Gasteiger partial charge is 0.372 e. The quantitative estimate of drug-likeness (QED) is 0.828. The van der Waals surface area contributed by atoms with E-state index in [0.717, 1.165) is 22.4 Å². The Morgan fingerprint density at radius 3 is 2.42 bits per heavy atom. The molecule has 4 nitrogen and oxygen atoms in total. The molecule has 2 amide bonds. The molecule has 2 rings (SSSR count). The van der Waals surface area contributed by atoms with Crippen LogP contribution in [0.5, 0.6) is 0 Å². The number of aryl methyl sites for hydroxylation is 2. The molecule has 5 heteroatoms. The minimum atomic E-state index is -0.662. The van der Waals surface area contributed by atoms with Gasteiger partial charge in [-0.25, -0.2) is 4.79 Å². The molecule has 0 aromatic heterocycles. The van der Waals surface area contributed by atoms with Gasteiger partial charge in [-0.2, -0.15) is 0 Å². The Labute approximate surface area is 148 Å².